The van der Waals surface area contributed by atoms with E-state index in [1.807, 2.05) is 13.8 Å². The molecule has 1 aliphatic rings. The molecule has 0 saturated carbocycles. The molecule has 4 nitrogen and oxygen atoms in total. The van der Waals surface area contributed by atoms with E-state index in [1.165, 1.54) is 0 Å². The highest BCUT2D eigenvalue weighted by molar-refractivity contribution is 5.98. The Balaban J connectivity index is 2.66. The summed E-state index contributed by atoms with van der Waals surface area (Å²) in [7, 11) is 0. The van der Waals surface area contributed by atoms with Crippen molar-refractivity contribution in [1.29, 1.82) is 0 Å². The number of rotatable bonds is 1. The molecule has 2 unspecified atom stereocenters. The first-order valence-corrected chi connectivity index (χ1v) is 3.76. The molecule has 0 aromatic carbocycles. The van der Waals surface area contributed by atoms with Gasteiger partial charge in [0, 0.05) is 6.04 Å². The summed E-state index contributed by atoms with van der Waals surface area (Å²) in [5.74, 6) is -0.239. The topological polar surface area (TPSA) is 58.2 Å². The molecule has 0 aliphatic carbocycles. The molecule has 1 saturated heterocycles. The number of hydrogen-bond acceptors (Lipinski definition) is 2. The molecule has 0 bridgehead atoms. The molecule has 0 spiro atoms. The lowest BCUT2D eigenvalue weighted by Crippen LogP contribution is -2.56. The van der Waals surface area contributed by atoms with E-state index < -0.39 is 0 Å². The van der Waals surface area contributed by atoms with Crippen LogP contribution in [0.1, 0.15) is 20.3 Å². The normalized spacial score (nSPS) is 31.1. The Labute approximate surface area is 65.3 Å². The van der Waals surface area contributed by atoms with Crippen molar-refractivity contribution in [3.8, 4) is 0 Å². The van der Waals surface area contributed by atoms with Crippen molar-refractivity contribution in [2.24, 2.45) is 5.92 Å². The Morgan fingerprint density at radius 1 is 1.45 bits per heavy atom. The summed E-state index contributed by atoms with van der Waals surface area (Å²) >= 11 is 0. The van der Waals surface area contributed by atoms with Gasteiger partial charge in [-0.2, -0.15) is 0 Å². The highest BCUT2D eigenvalue weighted by atomic mass is 16.2. The van der Waals surface area contributed by atoms with Gasteiger partial charge in [-0.05, 0) is 13.3 Å². The smallest absolute Gasteiger partial charge is 0.321 e. The van der Waals surface area contributed by atoms with E-state index in [9.17, 15) is 9.59 Å². The molecule has 1 aliphatic heterocycles. The first kappa shape index (κ1) is 8.04. The van der Waals surface area contributed by atoms with Crippen LogP contribution in [0.15, 0.2) is 0 Å². The van der Waals surface area contributed by atoms with Crippen molar-refractivity contribution in [1.82, 2.24) is 10.6 Å². The zero-order valence-corrected chi connectivity index (χ0v) is 6.68. The third-order valence-electron chi connectivity index (χ3n) is 1.98. The second-order valence-electron chi connectivity index (χ2n) is 2.77. The van der Waals surface area contributed by atoms with Gasteiger partial charge >= 0.3 is 6.03 Å². The van der Waals surface area contributed by atoms with Crippen molar-refractivity contribution >= 4 is 11.9 Å². The Morgan fingerprint density at radius 2 is 2.09 bits per heavy atom. The standard InChI is InChI=1S/C7H12N2O2/c1-3-5-4(2)8-7(11)9-6(5)10/h4-5H,3H2,1-2H3,(H2,8,9,10,11). The zero-order valence-electron chi connectivity index (χ0n) is 6.68. The molecular formula is C7H12N2O2. The molecule has 0 radical (unpaired) electrons. The van der Waals surface area contributed by atoms with Crippen LogP contribution in [0.3, 0.4) is 0 Å². The van der Waals surface area contributed by atoms with Gasteiger partial charge in [-0.15, -0.1) is 0 Å². The van der Waals surface area contributed by atoms with Crippen LogP contribution in [-0.4, -0.2) is 18.0 Å². The van der Waals surface area contributed by atoms with E-state index in [0.29, 0.717) is 0 Å². The van der Waals surface area contributed by atoms with Crippen LogP contribution in [0.5, 0.6) is 0 Å². The second kappa shape index (κ2) is 2.90. The molecular weight excluding hydrogens is 144 g/mol. The van der Waals surface area contributed by atoms with Gasteiger partial charge in [-0.3, -0.25) is 10.1 Å². The van der Waals surface area contributed by atoms with Crippen molar-refractivity contribution in [3.63, 3.8) is 0 Å². The molecule has 4 heteroatoms. The third-order valence-corrected chi connectivity index (χ3v) is 1.98. The molecule has 1 rings (SSSR count). The van der Waals surface area contributed by atoms with Gasteiger partial charge in [0.05, 0.1) is 5.92 Å². The molecule has 0 aromatic rings. The van der Waals surface area contributed by atoms with E-state index in [-0.39, 0.29) is 23.9 Å². The quantitative estimate of drug-likeness (QED) is 0.571. The summed E-state index contributed by atoms with van der Waals surface area (Å²) in [5.41, 5.74) is 0. The van der Waals surface area contributed by atoms with Crippen LogP contribution in [0.2, 0.25) is 0 Å². The van der Waals surface area contributed by atoms with Crippen molar-refractivity contribution < 1.29 is 9.59 Å². The van der Waals surface area contributed by atoms with Crippen LogP contribution in [-0.2, 0) is 4.79 Å². The first-order valence-electron chi connectivity index (χ1n) is 3.76. The van der Waals surface area contributed by atoms with Crippen molar-refractivity contribution in [3.05, 3.63) is 0 Å². The van der Waals surface area contributed by atoms with E-state index in [2.05, 4.69) is 10.6 Å². The van der Waals surface area contributed by atoms with Gasteiger partial charge in [-0.1, -0.05) is 6.92 Å². The second-order valence-corrected chi connectivity index (χ2v) is 2.77. The Hall–Kier alpha value is -1.06. The van der Waals surface area contributed by atoms with Gasteiger partial charge in [-0.25, -0.2) is 4.79 Å². The summed E-state index contributed by atoms with van der Waals surface area (Å²) in [5, 5.41) is 4.86. The monoisotopic (exact) mass is 156 g/mol. The van der Waals surface area contributed by atoms with Gasteiger partial charge in [0.25, 0.3) is 0 Å². The molecule has 2 N–H and O–H groups in total. The summed E-state index contributed by atoms with van der Waals surface area (Å²) < 4.78 is 0. The van der Waals surface area contributed by atoms with Crippen LogP contribution < -0.4 is 10.6 Å². The van der Waals surface area contributed by atoms with Crippen LogP contribution in [0.25, 0.3) is 0 Å². The Kier molecular flexibility index (Phi) is 2.12. The zero-order chi connectivity index (χ0) is 8.43. The lowest BCUT2D eigenvalue weighted by atomic mass is 9.96. The highest BCUT2D eigenvalue weighted by Gasteiger charge is 2.30. The highest BCUT2D eigenvalue weighted by Crippen LogP contribution is 2.11. The van der Waals surface area contributed by atoms with E-state index >= 15 is 0 Å². The first-order chi connectivity index (χ1) is 5.15. The van der Waals surface area contributed by atoms with E-state index in [0.717, 1.165) is 6.42 Å². The predicted octanol–water partition coefficient (Wildman–Crippen LogP) is 0.241. The number of imide groups is 1. The average molecular weight is 156 g/mol. The van der Waals surface area contributed by atoms with Crippen molar-refractivity contribution in [2.45, 2.75) is 26.3 Å². The average Bonchev–Trinajstić information content (AvgIpc) is 1.85. The number of carbonyl (C=O) groups is 2. The molecule has 2 atom stereocenters. The van der Waals surface area contributed by atoms with Gasteiger partial charge in [0.15, 0.2) is 0 Å². The number of nitrogens with one attached hydrogen (secondary N) is 2. The maximum atomic E-state index is 11.1. The molecule has 3 amide bonds. The number of amides is 3. The number of carbonyl (C=O) groups excluding carboxylic acids is 2. The lowest BCUT2D eigenvalue weighted by molar-refractivity contribution is -0.125. The summed E-state index contributed by atoms with van der Waals surface area (Å²) in [6.45, 7) is 3.77. The molecule has 62 valence electrons. The van der Waals surface area contributed by atoms with E-state index in [4.69, 9.17) is 0 Å². The fourth-order valence-corrected chi connectivity index (χ4v) is 1.31. The van der Waals surface area contributed by atoms with Crippen LogP contribution in [0, 0.1) is 5.92 Å². The molecule has 1 heterocycles. The minimum atomic E-state index is -0.382. The largest absolute Gasteiger partial charge is 0.335 e. The number of hydrogen-bond donors (Lipinski definition) is 2. The van der Waals surface area contributed by atoms with Crippen LogP contribution >= 0.6 is 0 Å². The van der Waals surface area contributed by atoms with E-state index in [1.54, 1.807) is 0 Å². The van der Waals surface area contributed by atoms with Crippen LogP contribution in [0.4, 0.5) is 4.79 Å². The fourth-order valence-electron chi connectivity index (χ4n) is 1.31. The Bertz CT molecular complexity index is 191. The lowest BCUT2D eigenvalue weighted by Gasteiger charge is -2.27. The maximum absolute atomic E-state index is 11.1. The van der Waals surface area contributed by atoms with Crippen molar-refractivity contribution in [2.75, 3.05) is 0 Å². The summed E-state index contributed by atoms with van der Waals surface area (Å²) in [4.78, 5) is 21.8. The third kappa shape index (κ3) is 1.50. The molecule has 0 aromatic heterocycles. The maximum Gasteiger partial charge on any atom is 0.321 e. The SMILES string of the molecule is CCC1C(=O)NC(=O)NC1C. The summed E-state index contributed by atoms with van der Waals surface area (Å²) in [6, 6.07) is -0.423. The molecule has 11 heavy (non-hydrogen) atoms. The minimum absolute atomic E-state index is 0.0405. The summed E-state index contributed by atoms with van der Waals surface area (Å²) in [6.07, 6.45) is 0.757. The predicted molar refractivity (Wildman–Crippen MR) is 39.9 cm³/mol. The molecule has 1 fully saturated rings. The number of urea groups is 1. The minimum Gasteiger partial charge on any atom is -0.335 e. The Morgan fingerprint density at radius 3 is 2.55 bits per heavy atom. The van der Waals surface area contributed by atoms with Gasteiger partial charge in [0.2, 0.25) is 5.91 Å². The van der Waals surface area contributed by atoms with Gasteiger partial charge < -0.3 is 5.32 Å². The van der Waals surface area contributed by atoms with Gasteiger partial charge in [0.1, 0.15) is 0 Å². The fraction of sp³-hybridized carbons (Fsp3) is 0.714.